The fourth-order valence-corrected chi connectivity index (χ4v) is 3.88. The third kappa shape index (κ3) is 3.91. The van der Waals surface area contributed by atoms with E-state index in [1.165, 1.54) is 13.2 Å². The molecule has 0 saturated heterocycles. The lowest BCUT2D eigenvalue weighted by atomic mass is 10.3. The summed E-state index contributed by atoms with van der Waals surface area (Å²) >= 11 is 12.4. The monoisotopic (exact) mass is 453 g/mol. The van der Waals surface area contributed by atoms with Crippen molar-refractivity contribution in [2.45, 2.75) is 4.90 Å². The van der Waals surface area contributed by atoms with Crippen LogP contribution in [0.3, 0.4) is 0 Å². The number of benzene rings is 2. The van der Waals surface area contributed by atoms with Gasteiger partial charge < -0.3 is 4.74 Å². The second-order valence-electron chi connectivity index (χ2n) is 4.03. The van der Waals surface area contributed by atoms with Gasteiger partial charge in [0.25, 0.3) is 10.0 Å². The van der Waals surface area contributed by atoms with Gasteiger partial charge in [0.15, 0.2) is 0 Å². The summed E-state index contributed by atoms with van der Waals surface area (Å²) in [6.45, 7) is 0. The standard InChI is InChI=1S/C13H10Br2ClNO3S/c1-20-12-5-2-8(14)6-13(12)21(18,19)17-9-3-4-11(16)10(15)7-9/h2-7,17H,1H3. The van der Waals surface area contributed by atoms with Gasteiger partial charge in [0, 0.05) is 8.95 Å². The maximum atomic E-state index is 12.5. The first-order valence-electron chi connectivity index (χ1n) is 5.65. The molecule has 0 heterocycles. The Labute approximate surface area is 144 Å². The molecule has 21 heavy (non-hydrogen) atoms. The van der Waals surface area contributed by atoms with Crippen LogP contribution in [0.25, 0.3) is 0 Å². The Kier molecular flexibility index (Phi) is 5.19. The first-order valence-corrected chi connectivity index (χ1v) is 9.09. The van der Waals surface area contributed by atoms with Gasteiger partial charge in [-0.15, -0.1) is 0 Å². The number of sulfonamides is 1. The average Bonchev–Trinajstić information content (AvgIpc) is 2.42. The smallest absolute Gasteiger partial charge is 0.265 e. The molecule has 0 radical (unpaired) electrons. The summed E-state index contributed by atoms with van der Waals surface area (Å²) in [5, 5.41) is 0.498. The van der Waals surface area contributed by atoms with E-state index in [2.05, 4.69) is 36.6 Å². The van der Waals surface area contributed by atoms with Crippen LogP contribution in [0, 0.1) is 0 Å². The highest BCUT2D eigenvalue weighted by Crippen LogP contribution is 2.31. The molecule has 0 amide bonds. The van der Waals surface area contributed by atoms with Crippen molar-refractivity contribution in [1.29, 1.82) is 0 Å². The topological polar surface area (TPSA) is 55.4 Å². The van der Waals surface area contributed by atoms with Gasteiger partial charge in [0.05, 0.1) is 17.8 Å². The third-order valence-electron chi connectivity index (χ3n) is 2.59. The fraction of sp³-hybridized carbons (Fsp3) is 0.0769. The molecule has 2 aromatic carbocycles. The number of hydrogen-bond acceptors (Lipinski definition) is 3. The Morgan fingerprint density at radius 3 is 2.48 bits per heavy atom. The van der Waals surface area contributed by atoms with Gasteiger partial charge >= 0.3 is 0 Å². The number of rotatable bonds is 4. The van der Waals surface area contributed by atoms with Gasteiger partial charge in [0.2, 0.25) is 0 Å². The van der Waals surface area contributed by atoms with Gasteiger partial charge in [-0.25, -0.2) is 8.42 Å². The summed E-state index contributed by atoms with van der Waals surface area (Å²) in [6.07, 6.45) is 0. The zero-order chi connectivity index (χ0) is 15.6. The second-order valence-corrected chi connectivity index (χ2v) is 7.86. The van der Waals surface area contributed by atoms with E-state index in [9.17, 15) is 8.42 Å². The molecule has 2 rings (SSSR count). The van der Waals surface area contributed by atoms with Crippen molar-refractivity contribution in [2.75, 3.05) is 11.8 Å². The summed E-state index contributed by atoms with van der Waals surface area (Å²) < 4.78 is 33.8. The van der Waals surface area contributed by atoms with Crippen molar-refractivity contribution in [1.82, 2.24) is 0 Å². The van der Waals surface area contributed by atoms with Crippen LogP contribution in [0.2, 0.25) is 5.02 Å². The zero-order valence-corrected chi connectivity index (χ0v) is 15.5. The maximum absolute atomic E-state index is 12.5. The lowest BCUT2D eigenvalue weighted by molar-refractivity contribution is 0.403. The summed E-state index contributed by atoms with van der Waals surface area (Å²) in [5.74, 6) is 0.263. The van der Waals surface area contributed by atoms with Crippen LogP contribution in [-0.4, -0.2) is 15.5 Å². The van der Waals surface area contributed by atoms with Gasteiger partial charge in [-0.2, -0.15) is 0 Å². The van der Waals surface area contributed by atoms with Crippen molar-refractivity contribution in [2.24, 2.45) is 0 Å². The van der Waals surface area contributed by atoms with Gasteiger partial charge in [-0.1, -0.05) is 27.5 Å². The number of halogens is 3. The van der Waals surface area contributed by atoms with E-state index >= 15 is 0 Å². The molecule has 4 nitrogen and oxygen atoms in total. The summed E-state index contributed by atoms with van der Waals surface area (Å²) in [5.41, 5.74) is 0.397. The highest BCUT2D eigenvalue weighted by molar-refractivity contribution is 9.10. The van der Waals surface area contributed by atoms with Crippen molar-refractivity contribution in [3.8, 4) is 5.75 Å². The van der Waals surface area contributed by atoms with E-state index in [1.807, 2.05) is 0 Å². The fourth-order valence-electron chi connectivity index (χ4n) is 1.63. The minimum atomic E-state index is -3.78. The van der Waals surface area contributed by atoms with E-state index in [0.717, 1.165) is 0 Å². The predicted octanol–water partition coefficient (Wildman–Crippen LogP) is 4.67. The maximum Gasteiger partial charge on any atom is 0.265 e. The van der Waals surface area contributed by atoms with Crippen molar-refractivity contribution < 1.29 is 13.2 Å². The van der Waals surface area contributed by atoms with Crippen LogP contribution in [0.4, 0.5) is 5.69 Å². The first-order chi connectivity index (χ1) is 9.83. The number of anilines is 1. The normalized spacial score (nSPS) is 11.2. The summed E-state index contributed by atoms with van der Waals surface area (Å²) in [4.78, 5) is 0.0467. The van der Waals surface area contributed by atoms with Crippen molar-refractivity contribution >= 4 is 59.2 Å². The van der Waals surface area contributed by atoms with E-state index in [-0.39, 0.29) is 10.6 Å². The van der Waals surface area contributed by atoms with Crippen molar-refractivity contribution in [3.05, 3.63) is 50.4 Å². The lowest BCUT2D eigenvalue weighted by Crippen LogP contribution is -2.14. The van der Waals surface area contributed by atoms with Crippen LogP contribution in [0.5, 0.6) is 5.75 Å². The molecule has 0 atom stereocenters. The Balaban J connectivity index is 2.42. The molecule has 0 saturated carbocycles. The number of nitrogens with one attached hydrogen (secondary N) is 1. The zero-order valence-electron chi connectivity index (χ0n) is 10.7. The molecule has 112 valence electrons. The average molecular weight is 456 g/mol. The van der Waals surface area contributed by atoms with Crippen molar-refractivity contribution in [3.63, 3.8) is 0 Å². The molecule has 0 aliphatic heterocycles. The molecule has 0 unspecified atom stereocenters. The van der Waals surface area contributed by atoms with E-state index in [1.54, 1.807) is 30.3 Å². The quantitative estimate of drug-likeness (QED) is 0.729. The Bertz CT molecular complexity index is 781. The van der Waals surface area contributed by atoms with Gasteiger partial charge in [0.1, 0.15) is 10.6 Å². The molecule has 1 N–H and O–H groups in total. The van der Waals surface area contributed by atoms with Crippen LogP contribution in [0.15, 0.2) is 50.2 Å². The van der Waals surface area contributed by atoms with Crippen LogP contribution in [-0.2, 0) is 10.0 Å². The summed E-state index contributed by atoms with van der Waals surface area (Å²) in [6, 6.07) is 9.53. The third-order valence-corrected chi connectivity index (χ3v) is 5.70. The Hall–Kier alpha value is -0.760. The lowest BCUT2D eigenvalue weighted by Gasteiger charge is -2.12. The minimum absolute atomic E-state index is 0.0467. The summed E-state index contributed by atoms with van der Waals surface area (Å²) in [7, 11) is -2.36. The molecule has 0 aliphatic rings. The molecule has 0 bridgehead atoms. The van der Waals surface area contributed by atoms with E-state index in [0.29, 0.717) is 19.7 Å². The molecule has 8 heteroatoms. The van der Waals surface area contributed by atoms with Crippen LogP contribution < -0.4 is 9.46 Å². The first kappa shape index (κ1) is 16.6. The molecule has 0 spiro atoms. The van der Waals surface area contributed by atoms with E-state index < -0.39 is 10.0 Å². The molecule has 2 aromatic rings. The van der Waals surface area contributed by atoms with Gasteiger partial charge in [-0.3, -0.25) is 4.72 Å². The number of hydrogen-bond donors (Lipinski definition) is 1. The largest absolute Gasteiger partial charge is 0.495 e. The molecular weight excluding hydrogens is 445 g/mol. The molecular formula is C13H10Br2ClNO3S. The highest BCUT2D eigenvalue weighted by atomic mass is 79.9. The second kappa shape index (κ2) is 6.56. The predicted molar refractivity (Wildman–Crippen MR) is 90.7 cm³/mol. The number of ether oxygens (including phenoxy) is 1. The van der Waals surface area contributed by atoms with Gasteiger partial charge in [-0.05, 0) is 52.3 Å². The van der Waals surface area contributed by atoms with E-state index in [4.69, 9.17) is 16.3 Å². The van der Waals surface area contributed by atoms with Crippen LogP contribution >= 0.6 is 43.5 Å². The molecule has 0 aromatic heterocycles. The highest BCUT2D eigenvalue weighted by Gasteiger charge is 2.20. The minimum Gasteiger partial charge on any atom is -0.495 e. The van der Waals surface area contributed by atoms with Crippen LogP contribution in [0.1, 0.15) is 0 Å². The molecule has 0 aliphatic carbocycles. The Morgan fingerprint density at radius 1 is 1.14 bits per heavy atom. The molecule has 0 fully saturated rings. The Morgan fingerprint density at radius 2 is 1.86 bits per heavy atom. The number of methoxy groups -OCH3 is 1. The SMILES string of the molecule is COc1ccc(Br)cc1S(=O)(=O)Nc1ccc(Cl)c(Br)c1.